The molecule has 3 heterocycles. The van der Waals surface area contributed by atoms with Gasteiger partial charge >= 0.3 is 0 Å². The van der Waals surface area contributed by atoms with E-state index >= 15 is 0 Å². The third kappa shape index (κ3) is 6.87. The molecule has 1 atom stereocenters. The summed E-state index contributed by atoms with van der Waals surface area (Å²) in [7, 11) is 1.50. The summed E-state index contributed by atoms with van der Waals surface area (Å²) in [6.07, 6.45) is 1.71. The maximum atomic E-state index is 14.0. The third-order valence-electron chi connectivity index (χ3n) is 8.57. The van der Waals surface area contributed by atoms with Crippen molar-refractivity contribution < 1.29 is 23.5 Å². The minimum Gasteiger partial charge on any atom is -0.497 e. The number of nitrogens with one attached hydrogen (secondary N) is 1. The van der Waals surface area contributed by atoms with Gasteiger partial charge in [0.05, 0.1) is 12.5 Å². The molecular formula is C35H35ClN4O6. The molecule has 0 spiro atoms. The Hall–Kier alpha value is -4.83. The molecule has 2 aliphatic rings. The minimum absolute atomic E-state index is 0.183. The lowest BCUT2D eigenvalue weighted by molar-refractivity contribution is -0.133. The number of para-hydroxylation sites is 1. The number of carbonyl (C=O) groups is 3. The van der Waals surface area contributed by atoms with Crippen LogP contribution < -0.4 is 20.4 Å². The Kier molecular flexibility index (Phi) is 9.25. The third-order valence-corrected chi connectivity index (χ3v) is 8.82. The molecule has 0 aliphatic carbocycles. The highest BCUT2D eigenvalue weighted by Crippen LogP contribution is 2.26. The first-order chi connectivity index (χ1) is 22.3. The first kappa shape index (κ1) is 31.2. The number of likely N-dealkylation sites (tertiary alicyclic amines) is 1. The van der Waals surface area contributed by atoms with E-state index in [2.05, 4.69) is 22.3 Å². The Morgan fingerprint density at radius 1 is 0.957 bits per heavy atom. The van der Waals surface area contributed by atoms with Crippen molar-refractivity contribution in [1.82, 2.24) is 15.1 Å². The van der Waals surface area contributed by atoms with Gasteiger partial charge in [-0.3, -0.25) is 19.2 Å². The number of hydrogen-bond acceptors (Lipinski definition) is 7. The van der Waals surface area contributed by atoms with Gasteiger partial charge in [-0.15, -0.1) is 0 Å². The highest BCUT2D eigenvalue weighted by Gasteiger charge is 2.31. The molecule has 6 rings (SSSR count). The highest BCUT2D eigenvalue weighted by atomic mass is 35.5. The Balaban J connectivity index is 1.18. The Morgan fingerprint density at radius 3 is 2.43 bits per heavy atom. The second-order valence-electron chi connectivity index (χ2n) is 11.6. The van der Waals surface area contributed by atoms with E-state index in [1.54, 1.807) is 35.2 Å². The van der Waals surface area contributed by atoms with Gasteiger partial charge in [0.2, 0.25) is 11.8 Å². The molecule has 0 bridgehead atoms. The molecule has 3 amide bonds. The average molecular weight is 643 g/mol. The van der Waals surface area contributed by atoms with Gasteiger partial charge in [-0.05, 0) is 53.9 Å². The number of nitrogens with zero attached hydrogens (tertiary/aromatic N) is 3. The summed E-state index contributed by atoms with van der Waals surface area (Å²) in [5.41, 5.74) is 2.81. The van der Waals surface area contributed by atoms with Crippen LogP contribution in [0, 0.1) is 0 Å². The normalized spacial score (nSPS) is 15.7. The monoisotopic (exact) mass is 642 g/mol. The number of amides is 3. The van der Waals surface area contributed by atoms with Crippen molar-refractivity contribution in [2.24, 2.45) is 0 Å². The zero-order valence-corrected chi connectivity index (χ0v) is 26.3. The number of piperazine rings is 1. The van der Waals surface area contributed by atoms with Crippen LogP contribution in [-0.2, 0) is 22.6 Å². The molecule has 2 aliphatic heterocycles. The molecule has 2 saturated heterocycles. The van der Waals surface area contributed by atoms with Gasteiger partial charge < -0.3 is 29.2 Å². The number of carbonyl (C=O) groups excluding carboxylic acids is 3. The first-order valence-corrected chi connectivity index (χ1v) is 15.7. The molecule has 10 nitrogen and oxygen atoms in total. The SMILES string of the molecule is COc1ccc2oc(C(=O)N[C@@H](Cc3ccc(Cl)cc3)C(=O)N3CCN(c4ccccc4CN4CCCC4=O)CC3)cc(=O)c2c1. The fourth-order valence-corrected chi connectivity index (χ4v) is 6.20. The average Bonchev–Trinajstić information content (AvgIpc) is 3.48. The van der Waals surface area contributed by atoms with Gasteiger partial charge in [0.15, 0.2) is 11.2 Å². The lowest BCUT2D eigenvalue weighted by Gasteiger charge is -2.38. The largest absolute Gasteiger partial charge is 0.497 e. The molecule has 11 heteroatoms. The van der Waals surface area contributed by atoms with Crippen molar-refractivity contribution in [3.63, 3.8) is 0 Å². The van der Waals surface area contributed by atoms with Gasteiger partial charge in [0.25, 0.3) is 5.91 Å². The van der Waals surface area contributed by atoms with Crippen LogP contribution in [0.3, 0.4) is 0 Å². The van der Waals surface area contributed by atoms with Crippen molar-refractivity contribution in [3.8, 4) is 5.75 Å². The molecule has 2 fully saturated rings. The van der Waals surface area contributed by atoms with Gasteiger partial charge in [0, 0.05) is 68.9 Å². The fourth-order valence-electron chi connectivity index (χ4n) is 6.08. The van der Waals surface area contributed by atoms with Crippen LogP contribution in [0.15, 0.2) is 82.0 Å². The van der Waals surface area contributed by atoms with Crippen LogP contribution in [0.1, 0.15) is 34.5 Å². The van der Waals surface area contributed by atoms with E-state index in [4.69, 9.17) is 20.8 Å². The summed E-state index contributed by atoms with van der Waals surface area (Å²) < 4.78 is 11.0. The molecule has 0 radical (unpaired) electrons. The van der Waals surface area contributed by atoms with Gasteiger partial charge in [-0.1, -0.05) is 41.9 Å². The molecule has 46 heavy (non-hydrogen) atoms. The number of ether oxygens (including phenoxy) is 1. The zero-order valence-electron chi connectivity index (χ0n) is 25.5. The number of anilines is 1. The number of halogens is 1. The lowest BCUT2D eigenvalue weighted by Crippen LogP contribution is -2.55. The van der Waals surface area contributed by atoms with Gasteiger partial charge in [0.1, 0.15) is 17.4 Å². The summed E-state index contributed by atoms with van der Waals surface area (Å²) in [4.78, 5) is 58.4. The van der Waals surface area contributed by atoms with Crippen molar-refractivity contribution in [2.45, 2.75) is 31.8 Å². The summed E-state index contributed by atoms with van der Waals surface area (Å²) in [5, 5.41) is 3.69. The maximum absolute atomic E-state index is 14.0. The van der Waals surface area contributed by atoms with E-state index in [9.17, 15) is 19.2 Å². The van der Waals surface area contributed by atoms with Crippen molar-refractivity contribution in [2.75, 3.05) is 44.7 Å². The number of hydrogen-bond donors (Lipinski definition) is 1. The van der Waals surface area contributed by atoms with E-state index < -0.39 is 17.4 Å². The van der Waals surface area contributed by atoms with E-state index in [0.717, 1.165) is 35.8 Å². The topological polar surface area (TPSA) is 112 Å². The zero-order chi connectivity index (χ0) is 32.2. The van der Waals surface area contributed by atoms with Crippen molar-refractivity contribution >= 4 is 46.0 Å². The number of methoxy groups -OCH3 is 1. The van der Waals surface area contributed by atoms with Crippen LogP contribution in [0.2, 0.25) is 5.02 Å². The summed E-state index contributed by atoms with van der Waals surface area (Å²) in [6, 6.07) is 20.2. The molecule has 3 aromatic carbocycles. The van der Waals surface area contributed by atoms with Crippen molar-refractivity contribution in [1.29, 1.82) is 0 Å². The van der Waals surface area contributed by atoms with E-state index in [-0.39, 0.29) is 35.0 Å². The quantitative estimate of drug-likeness (QED) is 0.290. The fraction of sp³-hybridized carbons (Fsp3) is 0.314. The number of fused-ring (bicyclic) bond motifs is 1. The Labute approximate surface area is 271 Å². The number of benzene rings is 3. The minimum atomic E-state index is -0.912. The predicted octanol–water partition coefficient (Wildman–Crippen LogP) is 4.27. The highest BCUT2D eigenvalue weighted by molar-refractivity contribution is 6.30. The van der Waals surface area contributed by atoms with E-state index in [1.807, 2.05) is 29.2 Å². The first-order valence-electron chi connectivity index (χ1n) is 15.4. The molecular weight excluding hydrogens is 608 g/mol. The van der Waals surface area contributed by atoms with Crippen LogP contribution >= 0.6 is 11.6 Å². The summed E-state index contributed by atoms with van der Waals surface area (Å²) >= 11 is 6.09. The Bertz CT molecular complexity index is 1820. The van der Waals surface area contributed by atoms with Crippen LogP contribution in [0.25, 0.3) is 11.0 Å². The van der Waals surface area contributed by atoms with Gasteiger partial charge in [-0.25, -0.2) is 0 Å². The van der Waals surface area contributed by atoms with Crippen molar-refractivity contribution in [3.05, 3.63) is 105 Å². The predicted molar refractivity (Wildman–Crippen MR) is 175 cm³/mol. The van der Waals surface area contributed by atoms with E-state index in [0.29, 0.717) is 49.9 Å². The molecule has 238 valence electrons. The Morgan fingerprint density at radius 2 is 1.72 bits per heavy atom. The standard InChI is InChI=1S/C35H35ClN4O6/c1-45-26-12-13-31-27(20-26)30(41)21-32(46-31)34(43)37-28(19-23-8-10-25(36)11-9-23)35(44)39-17-15-38(16-18-39)29-6-3-2-5-24(29)22-40-14-4-7-33(40)42/h2-3,5-6,8-13,20-21,28H,4,7,14-19,22H2,1H3,(H,37,43)/t28-/m0/s1. The second-order valence-corrected chi connectivity index (χ2v) is 12.0. The van der Waals surface area contributed by atoms with Crippen LogP contribution in [-0.4, -0.2) is 73.4 Å². The maximum Gasteiger partial charge on any atom is 0.287 e. The van der Waals surface area contributed by atoms with Gasteiger partial charge in [-0.2, -0.15) is 0 Å². The second kappa shape index (κ2) is 13.7. The van der Waals surface area contributed by atoms with Crippen LogP contribution in [0.4, 0.5) is 5.69 Å². The summed E-state index contributed by atoms with van der Waals surface area (Å²) in [6.45, 7) is 3.45. The number of rotatable bonds is 9. The molecule has 0 saturated carbocycles. The lowest BCUT2D eigenvalue weighted by atomic mass is 10.0. The van der Waals surface area contributed by atoms with Crippen LogP contribution in [0.5, 0.6) is 5.75 Å². The molecule has 1 aromatic heterocycles. The smallest absolute Gasteiger partial charge is 0.287 e. The molecule has 0 unspecified atom stereocenters. The van der Waals surface area contributed by atoms with E-state index in [1.165, 1.54) is 7.11 Å². The molecule has 4 aromatic rings. The summed E-state index contributed by atoms with van der Waals surface area (Å²) in [5.74, 6) is -0.398. The molecule has 1 N–H and O–H groups in total.